The third kappa shape index (κ3) is 4.60. The van der Waals surface area contributed by atoms with Crippen LogP contribution in [0, 0.1) is 6.92 Å². The molecule has 0 aliphatic carbocycles. The first-order valence-corrected chi connectivity index (χ1v) is 9.21. The van der Waals surface area contributed by atoms with Crippen molar-refractivity contribution in [2.45, 2.75) is 26.3 Å². The van der Waals surface area contributed by atoms with Crippen LogP contribution < -0.4 is 19.7 Å². The number of hydrogen-bond acceptors (Lipinski definition) is 7. The van der Waals surface area contributed by atoms with Crippen LogP contribution in [0.15, 0.2) is 18.2 Å². The first-order valence-electron chi connectivity index (χ1n) is 9.21. The molecule has 0 saturated carbocycles. The molecule has 0 spiro atoms. The van der Waals surface area contributed by atoms with Crippen molar-refractivity contribution in [3.05, 3.63) is 35.0 Å². The summed E-state index contributed by atoms with van der Waals surface area (Å²) in [5.41, 5.74) is 3.49. The molecule has 2 aromatic rings. The third-order valence-electron chi connectivity index (χ3n) is 4.69. The second kappa shape index (κ2) is 8.90. The average Bonchev–Trinajstić information content (AvgIpc) is 2.69. The van der Waals surface area contributed by atoms with Crippen LogP contribution >= 0.6 is 0 Å². The minimum absolute atomic E-state index is 0.666. The lowest BCUT2D eigenvalue weighted by molar-refractivity contribution is 0.197. The van der Waals surface area contributed by atoms with Gasteiger partial charge in [-0.3, -0.25) is 0 Å². The summed E-state index contributed by atoms with van der Waals surface area (Å²) in [7, 11) is 5.05. The van der Waals surface area contributed by atoms with E-state index in [9.17, 15) is 0 Å². The van der Waals surface area contributed by atoms with Crippen molar-refractivity contribution >= 4 is 11.8 Å². The van der Waals surface area contributed by atoms with Gasteiger partial charge in [-0.05, 0) is 43.0 Å². The lowest BCUT2D eigenvalue weighted by Gasteiger charge is -2.30. The fourth-order valence-electron chi connectivity index (χ4n) is 3.29. The summed E-state index contributed by atoms with van der Waals surface area (Å²) in [6, 6.07) is 6.18. The number of nitrogens with one attached hydrogen (secondary N) is 1. The number of anilines is 2. The van der Waals surface area contributed by atoms with Gasteiger partial charge in [-0.1, -0.05) is 0 Å². The quantitative estimate of drug-likeness (QED) is 0.715. The van der Waals surface area contributed by atoms with Crippen LogP contribution in [-0.4, -0.2) is 51.0 Å². The number of nitrogens with zero attached hydrogens (tertiary/aromatic N) is 3. The van der Waals surface area contributed by atoms with E-state index in [1.54, 1.807) is 21.3 Å². The highest BCUT2D eigenvalue weighted by Crippen LogP contribution is 2.34. The molecule has 3 rings (SSSR count). The number of rotatable bonds is 8. The van der Waals surface area contributed by atoms with E-state index in [0.717, 1.165) is 62.1 Å². The van der Waals surface area contributed by atoms with Gasteiger partial charge in [0.05, 0.1) is 14.2 Å². The SMILES string of the molecule is COCCCNc1nc(C)cc(N2CCc3cc(OC)c(OC)cc3C2)n1. The maximum atomic E-state index is 5.46. The van der Waals surface area contributed by atoms with Crippen molar-refractivity contribution in [2.75, 3.05) is 51.2 Å². The van der Waals surface area contributed by atoms with Crippen molar-refractivity contribution in [1.82, 2.24) is 9.97 Å². The van der Waals surface area contributed by atoms with Crippen LogP contribution in [0.25, 0.3) is 0 Å². The highest BCUT2D eigenvalue weighted by molar-refractivity contribution is 5.53. The van der Waals surface area contributed by atoms with Crippen LogP contribution in [0.5, 0.6) is 11.5 Å². The Hall–Kier alpha value is -2.54. The lowest BCUT2D eigenvalue weighted by Crippen LogP contribution is -2.31. The number of methoxy groups -OCH3 is 3. The third-order valence-corrected chi connectivity index (χ3v) is 4.69. The molecule has 7 heteroatoms. The van der Waals surface area contributed by atoms with E-state index in [2.05, 4.69) is 27.3 Å². The van der Waals surface area contributed by atoms with Gasteiger partial charge in [0, 0.05) is 45.1 Å². The van der Waals surface area contributed by atoms with Gasteiger partial charge in [0.25, 0.3) is 0 Å². The van der Waals surface area contributed by atoms with E-state index in [-0.39, 0.29) is 0 Å². The van der Waals surface area contributed by atoms with Crippen LogP contribution in [-0.2, 0) is 17.7 Å². The Balaban J connectivity index is 1.77. The summed E-state index contributed by atoms with van der Waals surface area (Å²) >= 11 is 0. The molecule has 0 radical (unpaired) electrons. The molecule has 1 aliphatic rings. The molecule has 27 heavy (non-hydrogen) atoms. The number of hydrogen-bond donors (Lipinski definition) is 1. The Kier molecular flexibility index (Phi) is 6.34. The van der Waals surface area contributed by atoms with Gasteiger partial charge in [0.2, 0.25) is 5.95 Å². The molecule has 1 aliphatic heterocycles. The molecule has 0 amide bonds. The number of benzene rings is 1. The van der Waals surface area contributed by atoms with Crippen LogP contribution in [0.3, 0.4) is 0 Å². The molecule has 7 nitrogen and oxygen atoms in total. The van der Waals surface area contributed by atoms with Gasteiger partial charge in [0.1, 0.15) is 5.82 Å². The second-order valence-corrected chi connectivity index (χ2v) is 6.61. The molecule has 0 atom stereocenters. The molecule has 1 aromatic heterocycles. The van der Waals surface area contributed by atoms with Gasteiger partial charge in [-0.25, -0.2) is 4.98 Å². The van der Waals surface area contributed by atoms with E-state index >= 15 is 0 Å². The Morgan fingerprint density at radius 3 is 2.48 bits per heavy atom. The highest BCUT2D eigenvalue weighted by atomic mass is 16.5. The monoisotopic (exact) mass is 372 g/mol. The maximum absolute atomic E-state index is 5.46. The van der Waals surface area contributed by atoms with Gasteiger partial charge < -0.3 is 24.4 Å². The molecular weight excluding hydrogens is 344 g/mol. The van der Waals surface area contributed by atoms with Crippen LogP contribution in [0.4, 0.5) is 11.8 Å². The minimum Gasteiger partial charge on any atom is -0.493 e. The van der Waals surface area contributed by atoms with Gasteiger partial charge >= 0.3 is 0 Å². The van der Waals surface area contributed by atoms with E-state index < -0.39 is 0 Å². The summed E-state index contributed by atoms with van der Waals surface area (Å²) < 4.78 is 16.0. The first-order chi connectivity index (χ1) is 13.1. The van der Waals surface area contributed by atoms with Crippen molar-refractivity contribution in [3.63, 3.8) is 0 Å². The average molecular weight is 372 g/mol. The second-order valence-electron chi connectivity index (χ2n) is 6.61. The number of aromatic nitrogens is 2. The zero-order valence-corrected chi connectivity index (χ0v) is 16.5. The predicted octanol–water partition coefficient (Wildman–Crippen LogP) is 2.81. The summed E-state index contributed by atoms with van der Waals surface area (Å²) in [6.45, 7) is 5.20. The Bertz CT molecular complexity index is 782. The van der Waals surface area contributed by atoms with Gasteiger partial charge in [-0.2, -0.15) is 4.98 Å². The molecule has 0 bridgehead atoms. The number of fused-ring (bicyclic) bond motifs is 1. The van der Waals surface area contributed by atoms with E-state index in [1.807, 2.05) is 13.0 Å². The standard InChI is InChI=1S/C20H28N4O3/c1-14-10-19(23-20(22-14)21-7-5-9-25-2)24-8-6-15-11-17(26-3)18(27-4)12-16(15)13-24/h10-12H,5-9,13H2,1-4H3,(H,21,22,23). The molecule has 0 fully saturated rings. The van der Waals surface area contributed by atoms with Crippen molar-refractivity contribution in [3.8, 4) is 11.5 Å². The van der Waals surface area contributed by atoms with Crippen LogP contribution in [0.2, 0.25) is 0 Å². The molecule has 146 valence electrons. The molecule has 0 saturated heterocycles. The van der Waals surface area contributed by atoms with E-state index in [0.29, 0.717) is 5.95 Å². The van der Waals surface area contributed by atoms with E-state index in [4.69, 9.17) is 19.2 Å². The number of aryl methyl sites for hydroxylation is 1. The van der Waals surface area contributed by atoms with Crippen molar-refractivity contribution in [1.29, 1.82) is 0 Å². The van der Waals surface area contributed by atoms with Crippen LogP contribution in [0.1, 0.15) is 23.2 Å². The summed E-state index contributed by atoms with van der Waals surface area (Å²) in [5, 5.41) is 3.29. The first kappa shape index (κ1) is 19.2. The fraction of sp³-hybridized carbons (Fsp3) is 0.500. The normalized spacial score (nSPS) is 13.3. The zero-order chi connectivity index (χ0) is 19.2. The van der Waals surface area contributed by atoms with Crippen molar-refractivity contribution < 1.29 is 14.2 Å². The highest BCUT2D eigenvalue weighted by Gasteiger charge is 2.21. The molecule has 1 aromatic carbocycles. The zero-order valence-electron chi connectivity index (χ0n) is 16.5. The minimum atomic E-state index is 0.666. The predicted molar refractivity (Wildman–Crippen MR) is 106 cm³/mol. The fourth-order valence-corrected chi connectivity index (χ4v) is 3.29. The Morgan fingerprint density at radius 2 is 1.78 bits per heavy atom. The lowest BCUT2D eigenvalue weighted by atomic mass is 9.99. The molecule has 0 unspecified atom stereocenters. The summed E-state index contributed by atoms with van der Waals surface area (Å²) in [5.74, 6) is 3.15. The molecular formula is C20H28N4O3. The van der Waals surface area contributed by atoms with E-state index in [1.165, 1.54) is 11.1 Å². The smallest absolute Gasteiger partial charge is 0.224 e. The summed E-state index contributed by atoms with van der Waals surface area (Å²) in [4.78, 5) is 11.5. The molecule has 2 heterocycles. The topological polar surface area (TPSA) is 68.7 Å². The van der Waals surface area contributed by atoms with Crippen molar-refractivity contribution in [2.24, 2.45) is 0 Å². The largest absolute Gasteiger partial charge is 0.493 e. The maximum Gasteiger partial charge on any atom is 0.224 e. The Morgan fingerprint density at radius 1 is 1.04 bits per heavy atom. The molecule has 1 N–H and O–H groups in total. The Labute approximate surface area is 160 Å². The van der Waals surface area contributed by atoms with Gasteiger partial charge in [-0.15, -0.1) is 0 Å². The van der Waals surface area contributed by atoms with Gasteiger partial charge in [0.15, 0.2) is 11.5 Å². The summed E-state index contributed by atoms with van der Waals surface area (Å²) in [6.07, 6.45) is 1.86. The number of ether oxygens (including phenoxy) is 3.